The van der Waals surface area contributed by atoms with Crippen molar-refractivity contribution in [3.63, 3.8) is 0 Å². The van der Waals surface area contributed by atoms with E-state index in [1.54, 1.807) is 0 Å². The lowest BCUT2D eigenvalue weighted by molar-refractivity contribution is 0.583. The van der Waals surface area contributed by atoms with Crippen molar-refractivity contribution in [3.05, 3.63) is 22.5 Å². The minimum Gasteiger partial charge on any atom is -0.154 e. The number of halogens is 1. The number of aromatic nitrogens is 2. The summed E-state index contributed by atoms with van der Waals surface area (Å²) in [7, 11) is 0. The molecule has 0 unspecified atom stereocenters. The summed E-state index contributed by atoms with van der Waals surface area (Å²) in [4.78, 5) is 0. The van der Waals surface area contributed by atoms with Crippen LogP contribution in [0.4, 0.5) is 0 Å². The number of hydrogen-bond donors (Lipinski definition) is 0. The Morgan fingerprint density at radius 3 is 2.25 bits per heavy atom. The maximum atomic E-state index is 5.91. The molecule has 0 radical (unpaired) electrons. The molecule has 0 bridgehead atoms. The van der Waals surface area contributed by atoms with Gasteiger partial charge >= 0.3 is 0 Å². The van der Waals surface area contributed by atoms with E-state index in [-0.39, 0.29) is 5.41 Å². The average Bonchev–Trinajstić information content (AvgIpc) is 1.92. The predicted molar refractivity (Wildman–Crippen MR) is 50.5 cm³/mol. The third-order valence-electron chi connectivity index (χ3n) is 1.68. The van der Waals surface area contributed by atoms with E-state index in [9.17, 15) is 0 Å². The standard InChI is InChI=1S/C9H13ClN2/c1-6-5-7(9(2,3)4)8(10)12-11-6/h5H,1-4H3. The summed E-state index contributed by atoms with van der Waals surface area (Å²) in [6, 6.07) is 1.98. The molecule has 0 atom stereocenters. The molecule has 3 heteroatoms. The van der Waals surface area contributed by atoms with Crippen LogP contribution < -0.4 is 0 Å². The molecule has 2 nitrogen and oxygen atoms in total. The second kappa shape index (κ2) is 3.02. The topological polar surface area (TPSA) is 25.8 Å². The zero-order valence-corrected chi connectivity index (χ0v) is 8.61. The molecule has 0 aliphatic carbocycles. The predicted octanol–water partition coefficient (Wildman–Crippen LogP) is 2.74. The van der Waals surface area contributed by atoms with E-state index in [1.807, 2.05) is 13.0 Å². The fourth-order valence-electron chi connectivity index (χ4n) is 1.000. The van der Waals surface area contributed by atoms with Crippen LogP contribution >= 0.6 is 11.6 Å². The second-order valence-electron chi connectivity index (χ2n) is 3.94. The summed E-state index contributed by atoms with van der Waals surface area (Å²) in [6.45, 7) is 8.23. The maximum absolute atomic E-state index is 5.91. The van der Waals surface area contributed by atoms with Crippen molar-refractivity contribution < 1.29 is 0 Å². The molecule has 0 amide bonds. The van der Waals surface area contributed by atoms with E-state index < -0.39 is 0 Å². The monoisotopic (exact) mass is 184 g/mol. The summed E-state index contributed by atoms with van der Waals surface area (Å²) < 4.78 is 0. The van der Waals surface area contributed by atoms with Crippen LogP contribution in [-0.4, -0.2) is 10.2 Å². The Morgan fingerprint density at radius 1 is 1.25 bits per heavy atom. The largest absolute Gasteiger partial charge is 0.155 e. The quantitative estimate of drug-likeness (QED) is 0.620. The van der Waals surface area contributed by atoms with E-state index >= 15 is 0 Å². The molecule has 66 valence electrons. The van der Waals surface area contributed by atoms with Gasteiger partial charge in [-0.3, -0.25) is 0 Å². The normalized spacial score (nSPS) is 11.8. The Kier molecular flexibility index (Phi) is 2.38. The maximum Gasteiger partial charge on any atom is 0.155 e. The highest BCUT2D eigenvalue weighted by atomic mass is 35.5. The molecule has 0 spiro atoms. The van der Waals surface area contributed by atoms with Gasteiger partial charge in [0.15, 0.2) is 5.15 Å². The van der Waals surface area contributed by atoms with Gasteiger partial charge < -0.3 is 0 Å². The first-order valence-electron chi connectivity index (χ1n) is 3.91. The molecule has 0 saturated carbocycles. The van der Waals surface area contributed by atoms with E-state index in [2.05, 4.69) is 31.0 Å². The van der Waals surface area contributed by atoms with Crippen molar-refractivity contribution in [3.8, 4) is 0 Å². The molecule has 0 aliphatic rings. The summed E-state index contributed by atoms with van der Waals surface area (Å²) in [5.74, 6) is 0. The van der Waals surface area contributed by atoms with Crippen LogP contribution in [0.1, 0.15) is 32.0 Å². The summed E-state index contributed by atoms with van der Waals surface area (Å²) in [5, 5.41) is 8.24. The Balaban J connectivity index is 3.23. The number of rotatable bonds is 0. The SMILES string of the molecule is Cc1cc(C(C)(C)C)c(Cl)nn1. The lowest BCUT2D eigenvalue weighted by atomic mass is 9.88. The third kappa shape index (κ3) is 1.95. The van der Waals surface area contributed by atoms with Gasteiger partial charge in [0.25, 0.3) is 0 Å². The van der Waals surface area contributed by atoms with Gasteiger partial charge in [0, 0.05) is 0 Å². The van der Waals surface area contributed by atoms with Crippen LogP contribution in [0.5, 0.6) is 0 Å². The van der Waals surface area contributed by atoms with Gasteiger partial charge in [-0.25, -0.2) is 0 Å². The molecular formula is C9H13ClN2. The summed E-state index contributed by atoms with van der Waals surface area (Å²) >= 11 is 5.91. The van der Waals surface area contributed by atoms with Gasteiger partial charge in [0.05, 0.1) is 5.69 Å². The zero-order valence-electron chi connectivity index (χ0n) is 7.85. The van der Waals surface area contributed by atoms with Crippen molar-refractivity contribution in [2.45, 2.75) is 33.1 Å². The van der Waals surface area contributed by atoms with Crippen LogP contribution in [0.3, 0.4) is 0 Å². The van der Waals surface area contributed by atoms with Gasteiger partial charge in [-0.2, -0.15) is 5.10 Å². The highest BCUT2D eigenvalue weighted by Crippen LogP contribution is 2.27. The smallest absolute Gasteiger partial charge is 0.154 e. The number of aryl methyl sites for hydroxylation is 1. The molecule has 12 heavy (non-hydrogen) atoms. The van der Waals surface area contributed by atoms with Crippen LogP contribution in [0, 0.1) is 6.92 Å². The van der Waals surface area contributed by atoms with Crippen LogP contribution in [0.25, 0.3) is 0 Å². The van der Waals surface area contributed by atoms with Gasteiger partial charge in [-0.15, -0.1) is 5.10 Å². The lowest BCUT2D eigenvalue weighted by Gasteiger charge is -2.19. The van der Waals surface area contributed by atoms with Gasteiger partial charge in [0.1, 0.15) is 0 Å². The van der Waals surface area contributed by atoms with Crippen molar-refractivity contribution in [1.82, 2.24) is 10.2 Å². The van der Waals surface area contributed by atoms with E-state index in [0.717, 1.165) is 11.3 Å². The van der Waals surface area contributed by atoms with Gasteiger partial charge in [-0.05, 0) is 24.0 Å². The van der Waals surface area contributed by atoms with Crippen LogP contribution in [-0.2, 0) is 5.41 Å². The average molecular weight is 185 g/mol. The minimum absolute atomic E-state index is 0.0395. The van der Waals surface area contributed by atoms with Crippen molar-refractivity contribution in [2.24, 2.45) is 0 Å². The first kappa shape index (κ1) is 9.46. The molecule has 1 aromatic heterocycles. The molecule has 0 N–H and O–H groups in total. The molecule has 0 aliphatic heterocycles. The van der Waals surface area contributed by atoms with E-state index in [1.165, 1.54) is 0 Å². The highest BCUT2D eigenvalue weighted by molar-refractivity contribution is 6.30. The number of hydrogen-bond acceptors (Lipinski definition) is 2. The third-order valence-corrected chi connectivity index (χ3v) is 1.96. The Hall–Kier alpha value is -0.630. The Bertz CT molecular complexity index is 289. The summed E-state index contributed by atoms with van der Waals surface area (Å²) in [6.07, 6.45) is 0. The summed E-state index contributed by atoms with van der Waals surface area (Å²) in [5.41, 5.74) is 2.00. The molecule has 1 heterocycles. The fraction of sp³-hybridized carbons (Fsp3) is 0.556. The molecule has 1 rings (SSSR count). The van der Waals surface area contributed by atoms with Crippen molar-refractivity contribution >= 4 is 11.6 Å². The van der Waals surface area contributed by atoms with Crippen LogP contribution in [0.2, 0.25) is 5.15 Å². The minimum atomic E-state index is 0.0395. The van der Waals surface area contributed by atoms with Crippen LogP contribution in [0.15, 0.2) is 6.07 Å². The molecule has 0 aromatic carbocycles. The first-order valence-corrected chi connectivity index (χ1v) is 4.29. The zero-order chi connectivity index (χ0) is 9.35. The lowest BCUT2D eigenvalue weighted by Crippen LogP contribution is -2.13. The highest BCUT2D eigenvalue weighted by Gasteiger charge is 2.18. The molecule has 0 fully saturated rings. The first-order chi connectivity index (χ1) is 5.41. The second-order valence-corrected chi connectivity index (χ2v) is 4.30. The number of nitrogens with zero attached hydrogens (tertiary/aromatic N) is 2. The fourth-order valence-corrected chi connectivity index (χ4v) is 1.38. The van der Waals surface area contributed by atoms with E-state index in [4.69, 9.17) is 11.6 Å². The van der Waals surface area contributed by atoms with E-state index in [0.29, 0.717) is 5.15 Å². The van der Waals surface area contributed by atoms with Crippen molar-refractivity contribution in [1.29, 1.82) is 0 Å². The molecule has 0 saturated heterocycles. The van der Waals surface area contributed by atoms with Gasteiger partial charge in [0.2, 0.25) is 0 Å². The Labute approximate surface area is 78.0 Å². The molecular weight excluding hydrogens is 172 g/mol. The van der Waals surface area contributed by atoms with Crippen molar-refractivity contribution in [2.75, 3.05) is 0 Å². The Morgan fingerprint density at radius 2 is 1.83 bits per heavy atom. The molecule has 1 aromatic rings. The van der Waals surface area contributed by atoms with Gasteiger partial charge in [-0.1, -0.05) is 32.4 Å².